The van der Waals surface area contributed by atoms with E-state index in [9.17, 15) is 0 Å². The summed E-state index contributed by atoms with van der Waals surface area (Å²) in [5.41, 5.74) is 4.05. The number of rotatable bonds is 7. The van der Waals surface area contributed by atoms with Crippen LogP contribution in [0, 0.1) is 0 Å². The summed E-state index contributed by atoms with van der Waals surface area (Å²) in [6, 6.07) is 6.18. The third-order valence-electron chi connectivity index (χ3n) is 3.80. The minimum atomic E-state index is 0.131. The van der Waals surface area contributed by atoms with Crippen LogP contribution < -0.4 is 20.7 Å². The standard InChI is InChI=1S/C15H25N3O2/c1-3-18(4-2)8-7-13(17-16)12-5-6-14-15(11-12)20-10-9-19-14/h5-6,11,13,17H,3-4,7-10,16H2,1-2H3. The number of benzene rings is 1. The summed E-state index contributed by atoms with van der Waals surface area (Å²) in [6.45, 7) is 8.74. The van der Waals surface area contributed by atoms with Gasteiger partial charge in [-0.2, -0.15) is 0 Å². The maximum Gasteiger partial charge on any atom is 0.161 e. The van der Waals surface area contributed by atoms with Gasteiger partial charge in [-0.1, -0.05) is 19.9 Å². The van der Waals surface area contributed by atoms with Crippen molar-refractivity contribution < 1.29 is 9.47 Å². The number of fused-ring (bicyclic) bond motifs is 1. The van der Waals surface area contributed by atoms with Gasteiger partial charge >= 0.3 is 0 Å². The van der Waals surface area contributed by atoms with E-state index in [-0.39, 0.29) is 6.04 Å². The van der Waals surface area contributed by atoms with Crippen LogP contribution in [-0.2, 0) is 0 Å². The topological polar surface area (TPSA) is 59.8 Å². The molecule has 5 nitrogen and oxygen atoms in total. The molecule has 112 valence electrons. The van der Waals surface area contributed by atoms with Gasteiger partial charge in [0.25, 0.3) is 0 Å². The van der Waals surface area contributed by atoms with Crippen LogP contribution in [0.25, 0.3) is 0 Å². The van der Waals surface area contributed by atoms with E-state index in [0.717, 1.165) is 43.1 Å². The van der Waals surface area contributed by atoms with E-state index in [1.54, 1.807) is 0 Å². The Bertz CT molecular complexity index is 422. The Morgan fingerprint density at radius 2 is 1.90 bits per heavy atom. The zero-order chi connectivity index (χ0) is 14.4. The number of nitrogens with two attached hydrogens (primary N) is 1. The normalized spacial score (nSPS) is 15.4. The molecule has 1 aliphatic rings. The zero-order valence-corrected chi connectivity index (χ0v) is 12.4. The number of nitrogens with zero attached hydrogens (tertiary/aromatic N) is 1. The Kier molecular flexibility index (Phi) is 5.64. The van der Waals surface area contributed by atoms with Gasteiger partial charge in [-0.15, -0.1) is 0 Å². The van der Waals surface area contributed by atoms with Crippen LogP contribution in [0.2, 0.25) is 0 Å². The zero-order valence-electron chi connectivity index (χ0n) is 12.4. The molecule has 0 fully saturated rings. The molecule has 1 aromatic carbocycles. The first-order valence-electron chi connectivity index (χ1n) is 7.36. The molecule has 0 aliphatic carbocycles. The Labute approximate surface area is 121 Å². The summed E-state index contributed by atoms with van der Waals surface area (Å²) in [5, 5.41) is 0. The minimum Gasteiger partial charge on any atom is -0.486 e. The van der Waals surface area contributed by atoms with Crippen molar-refractivity contribution in [3.8, 4) is 11.5 Å². The summed E-state index contributed by atoms with van der Waals surface area (Å²) in [7, 11) is 0. The summed E-state index contributed by atoms with van der Waals surface area (Å²) >= 11 is 0. The molecule has 20 heavy (non-hydrogen) atoms. The summed E-state index contributed by atoms with van der Waals surface area (Å²) in [4.78, 5) is 2.39. The average Bonchev–Trinajstić information content (AvgIpc) is 2.51. The van der Waals surface area contributed by atoms with E-state index in [1.165, 1.54) is 0 Å². The average molecular weight is 279 g/mol. The maximum atomic E-state index is 5.71. The molecule has 1 unspecified atom stereocenters. The Balaban J connectivity index is 2.03. The van der Waals surface area contributed by atoms with Crippen molar-refractivity contribution in [2.75, 3.05) is 32.8 Å². The van der Waals surface area contributed by atoms with Crippen molar-refractivity contribution in [3.63, 3.8) is 0 Å². The van der Waals surface area contributed by atoms with Crippen molar-refractivity contribution >= 4 is 0 Å². The predicted molar refractivity (Wildman–Crippen MR) is 79.9 cm³/mol. The highest BCUT2D eigenvalue weighted by molar-refractivity contribution is 5.44. The predicted octanol–water partition coefficient (Wildman–Crippen LogP) is 1.69. The number of ether oxygens (including phenoxy) is 2. The van der Waals surface area contributed by atoms with Crippen LogP contribution >= 0.6 is 0 Å². The highest BCUT2D eigenvalue weighted by Gasteiger charge is 2.16. The van der Waals surface area contributed by atoms with Gasteiger partial charge in [-0.3, -0.25) is 11.3 Å². The van der Waals surface area contributed by atoms with Crippen molar-refractivity contribution in [1.29, 1.82) is 0 Å². The van der Waals surface area contributed by atoms with E-state index in [4.69, 9.17) is 15.3 Å². The van der Waals surface area contributed by atoms with Gasteiger partial charge < -0.3 is 14.4 Å². The number of hydrazine groups is 1. The van der Waals surface area contributed by atoms with Crippen molar-refractivity contribution in [1.82, 2.24) is 10.3 Å². The SMILES string of the molecule is CCN(CC)CCC(NN)c1ccc2c(c1)OCCO2. The third kappa shape index (κ3) is 3.62. The fraction of sp³-hybridized carbons (Fsp3) is 0.600. The minimum absolute atomic E-state index is 0.131. The van der Waals surface area contributed by atoms with Crippen LogP contribution in [0.15, 0.2) is 18.2 Å². The van der Waals surface area contributed by atoms with E-state index in [0.29, 0.717) is 13.2 Å². The van der Waals surface area contributed by atoms with Crippen LogP contribution in [0.4, 0.5) is 0 Å². The lowest BCUT2D eigenvalue weighted by Gasteiger charge is -2.24. The van der Waals surface area contributed by atoms with Gasteiger partial charge in [0.15, 0.2) is 11.5 Å². The van der Waals surface area contributed by atoms with Crippen LogP contribution in [0.1, 0.15) is 31.9 Å². The van der Waals surface area contributed by atoms with Crippen molar-refractivity contribution in [3.05, 3.63) is 23.8 Å². The van der Waals surface area contributed by atoms with Gasteiger partial charge in [0.1, 0.15) is 13.2 Å². The summed E-state index contributed by atoms with van der Waals surface area (Å²) < 4.78 is 11.2. The molecule has 1 aliphatic heterocycles. The molecule has 0 saturated carbocycles. The van der Waals surface area contributed by atoms with E-state index >= 15 is 0 Å². The lowest BCUT2D eigenvalue weighted by atomic mass is 10.0. The van der Waals surface area contributed by atoms with Gasteiger partial charge in [-0.05, 0) is 43.8 Å². The first kappa shape index (κ1) is 15.1. The highest BCUT2D eigenvalue weighted by Crippen LogP contribution is 2.33. The molecule has 0 spiro atoms. The molecule has 2 rings (SSSR count). The van der Waals surface area contributed by atoms with Gasteiger partial charge in [0, 0.05) is 6.04 Å². The molecule has 0 saturated heterocycles. The third-order valence-corrected chi connectivity index (χ3v) is 3.80. The summed E-state index contributed by atoms with van der Waals surface area (Å²) in [6.07, 6.45) is 0.970. The molecule has 0 amide bonds. The number of hydrogen-bond acceptors (Lipinski definition) is 5. The molecule has 1 aromatic rings. The first-order chi connectivity index (χ1) is 9.78. The Hall–Kier alpha value is -1.30. The second-order valence-corrected chi connectivity index (χ2v) is 4.94. The second kappa shape index (κ2) is 7.47. The van der Waals surface area contributed by atoms with Gasteiger partial charge in [0.2, 0.25) is 0 Å². The quantitative estimate of drug-likeness (QED) is 0.587. The highest BCUT2D eigenvalue weighted by atomic mass is 16.6. The Morgan fingerprint density at radius 1 is 1.20 bits per heavy atom. The largest absolute Gasteiger partial charge is 0.486 e. The first-order valence-corrected chi connectivity index (χ1v) is 7.36. The smallest absolute Gasteiger partial charge is 0.161 e. The van der Waals surface area contributed by atoms with E-state index < -0.39 is 0 Å². The molecular formula is C15H25N3O2. The molecule has 1 atom stereocenters. The monoisotopic (exact) mass is 279 g/mol. The molecule has 1 heterocycles. The maximum absolute atomic E-state index is 5.71. The molecule has 3 N–H and O–H groups in total. The fourth-order valence-corrected chi connectivity index (χ4v) is 2.47. The van der Waals surface area contributed by atoms with Crippen molar-refractivity contribution in [2.24, 2.45) is 5.84 Å². The van der Waals surface area contributed by atoms with E-state index in [1.807, 2.05) is 12.1 Å². The lowest BCUT2D eigenvalue weighted by molar-refractivity contribution is 0.171. The van der Waals surface area contributed by atoms with E-state index in [2.05, 4.69) is 30.2 Å². The molecular weight excluding hydrogens is 254 g/mol. The number of hydrogen-bond donors (Lipinski definition) is 2. The van der Waals surface area contributed by atoms with Crippen LogP contribution in [-0.4, -0.2) is 37.7 Å². The molecule has 0 aromatic heterocycles. The molecule has 0 bridgehead atoms. The second-order valence-electron chi connectivity index (χ2n) is 4.94. The Morgan fingerprint density at radius 3 is 2.55 bits per heavy atom. The number of nitrogens with one attached hydrogen (secondary N) is 1. The molecule has 5 heteroatoms. The van der Waals surface area contributed by atoms with Gasteiger partial charge in [-0.25, -0.2) is 0 Å². The lowest BCUT2D eigenvalue weighted by Crippen LogP contribution is -2.32. The van der Waals surface area contributed by atoms with Crippen molar-refractivity contribution in [2.45, 2.75) is 26.3 Å². The summed E-state index contributed by atoms with van der Waals surface area (Å²) in [5.74, 6) is 7.34. The van der Waals surface area contributed by atoms with Crippen LogP contribution in [0.3, 0.4) is 0 Å². The van der Waals surface area contributed by atoms with Crippen LogP contribution in [0.5, 0.6) is 11.5 Å². The molecule has 0 radical (unpaired) electrons. The fourth-order valence-electron chi connectivity index (χ4n) is 2.47. The van der Waals surface area contributed by atoms with Gasteiger partial charge in [0.05, 0.1) is 0 Å².